The van der Waals surface area contributed by atoms with Crippen molar-refractivity contribution in [3.8, 4) is 11.5 Å². The van der Waals surface area contributed by atoms with Gasteiger partial charge in [0.05, 0.1) is 18.4 Å². The van der Waals surface area contributed by atoms with Crippen molar-refractivity contribution < 1.29 is 23.2 Å². The minimum Gasteiger partial charge on any atom is -0.467 e. The number of furan rings is 1. The van der Waals surface area contributed by atoms with Crippen molar-refractivity contribution in [2.75, 3.05) is 12.4 Å². The number of carbonyl (C=O) groups excluding carboxylic acids is 2. The van der Waals surface area contributed by atoms with Crippen molar-refractivity contribution in [3.05, 3.63) is 65.3 Å². The highest BCUT2D eigenvalue weighted by atomic mass is 32.2. The number of thioether (sulfide) groups is 1. The van der Waals surface area contributed by atoms with Crippen LogP contribution in [-0.4, -0.2) is 34.6 Å². The van der Waals surface area contributed by atoms with Crippen molar-refractivity contribution in [1.82, 2.24) is 20.8 Å². The van der Waals surface area contributed by atoms with Crippen LogP contribution in [0.5, 0.6) is 0 Å². The number of benzene rings is 1. The van der Waals surface area contributed by atoms with Crippen LogP contribution in [0.25, 0.3) is 11.5 Å². The molecule has 0 saturated carbocycles. The topological polar surface area (TPSA) is 119 Å². The third-order valence-electron chi connectivity index (χ3n) is 4.60. The fourth-order valence-electron chi connectivity index (χ4n) is 3.17. The molecule has 2 amide bonds. The van der Waals surface area contributed by atoms with Gasteiger partial charge in [-0.05, 0) is 37.6 Å². The van der Waals surface area contributed by atoms with E-state index in [0.29, 0.717) is 22.6 Å². The summed E-state index contributed by atoms with van der Waals surface area (Å²) in [6, 6.07) is 9.86. The lowest BCUT2D eigenvalue weighted by atomic mass is 10.0. The maximum Gasteiger partial charge on any atom is 0.338 e. The number of ether oxygens (including phenoxy) is 1. The number of rotatable bonds is 7. The number of hydrogen-bond acceptors (Lipinski definition) is 8. The molecule has 0 aliphatic carbocycles. The average Bonchev–Trinajstić information content (AvgIpc) is 3.44. The van der Waals surface area contributed by atoms with Gasteiger partial charge in [-0.25, -0.2) is 9.59 Å². The van der Waals surface area contributed by atoms with Crippen LogP contribution in [0.15, 0.2) is 68.0 Å². The number of nitrogens with zero attached hydrogens (tertiary/aromatic N) is 2. The maximum atomic E-state index is 12.7. The van der Waals surface area contributed by atoms with E-state index in [1.807, 2.05) is 31.2 Å². The summed E-state index contributed by atoms with van der Waals surface area (Å²) in [5, 5.41) is 13.9. The zero-order valence-electron chi connectivity index (χ0n) is 16.9. The van der Waals surface area contributed by atoms with Gasteiger partial charge in [-0.1, -0.05) is 30.0 Å². The number of carbonyl (C=O) groups is 2. The van der Waals surface area contributed by atoms with E-state index in [4.69, 9.17) is 13.6 Å². The molecule has 31 heavy (non-hydrogen) atoms. The summed E-state index contributed by atoms with van der Waals surface area (Å²) in [5.41, 5.74) is 2.52. The Hall–Kier alpha value is -3.53. The van der Waals surface area contributed by atoms with E-state index in [9.17, 15) is 9.59 Å². The normalized spacial score (nSPS) is 16.1. The largest absolute Gasteiger partial charge is 0.467 e. The van der Waals surface area contributed by atoms with Crippen LogP contribution >= 0.6 is 11.8 Å². The van der Waals surface area contributed by atoms with Crippen molar-refractivity contribution >= 4 is 23.8 Å². The Kier molecular flexibility index (Phi) is 6.08. The molecule has 0 bridgehead atoms. The van der Waals surface area contributed by atoms with Crippen LogP contribution in [0, 0.1) is 6.92 Å². The number of hydrogen-bond donors (Lipinski definition) is 2. The van der Waals surface area contributed by atoms with Crippen LogP contribution in [0.4, 0.5) is 4.79 Å². The molecule has 0 saturated heterocycles. The predicted molar refractivity (Wildman–Crippen MR) is 112 cm³/mol. The molecular formula is C21H20N4O5S. The SMILES string of the molecule is CCOC(=O)C1=C(CSc2nnc(-c3ccccc3C)o2)NC(=O)NC1c1ccco1. The van der Waals surface area contributed by atoms with E-state index in [1.54, 1.807) is 19.1 Å². The Labute approximate surface area is 182 Å². The lowest BCUT2D eigenvalue weighted by Crippen LogP contribution is -2.46. The van der Waals surface area contributed by atoms with E-state index < -0.39 is 18.0 Å². The smallest absolute Gasteiger partial charge is 0.338 e. The van der Waals surface area contributed by atoms with E-state index in [0.717, 1.165) is 11.1 Å². The van der Waals surface area contributed by atoms with Crippen molar-refractivity contribution in [2.45, 2.75) is 25.1 Å². The monoisotopic (exact) mass is 440 g/mol. The second-order valence-corrected chi connectivity index (χ2v) is 7.56. The molecule has 1 aromatic carbocycles. The molecule has 2 aromatic heterocycles. The molecule has 10 heteroatoms. The standard InChI is InChI=1S/C21H20N4O5S/c1-3-28-19(26)16-14(22-20(27)23-17(16)15-9-6-10-29-15)11-31-21-25-24-18(30-21)13-8-5-4-7-12(13)2/h4-10,17H,3,11H2,1-2H3,(H2,22,23,27). The first-order valence-corrected chi connectivity index (χ1v) is 10.6. The second kappa shape index (κ2) is 9.09. The summed E-state index contributed by atoms with van der Waals surface area (Å²) in [6.07, 6.45) is 1.48. The predicted octanol–water partition coefficient (Wildman–Crippen LogP) is 3.60. The molecule has 1 atom stereocenters. The molecule has 0 spiro atoms. The lowest BCUT2D eigenvalue weighted by Gasteiger charge is -2.27. The van der Waals surface area contributed by atoms with Gasteiger partial charge in [-0.15, -0.1) is 10.2 Å². The number of esters is 1. The summed E-state index contributed by atoms with van der Waals surface area (Å²) >= 11 is 1.21. The van der Waals surface area contributed by atoms with Gasteiger partial charge >= 0.3 is 12.0 Å². The summed E-state index contributed by atoms with van der Waals surface area (Å²) in [7, 11) is 0. The number of urea groups is 1. The minimum atomic E-state index is -0.761. The van der Waals surface area contributed by atoms with Crippen LogP contribution in [0.2, 0.25) is 0 Å². The molecule has 3 heterocycles. The van der Waals surface area contributed by atoms with Crippen LogP contribution < -0.4 is 10.6 Å². The highest BCUT2D eigenvalue weighted by Gasteiger charge is 2.35. The van der Waals surface area contributed by atoms with Crippen molar-refractivity contribution in [1.29, 1.82) is 0 Å². The van der Waals surface area contributed by atoms with E-state index in [1.165, 1.54) is 18.0 Å². The van der Waals surface area contributed by atoms with E-state index in [-0.39, 0.29) is 17.9 Å². The highest BCUT2D eigenvalue weighted by Crippen LogP contribution is 2.31. The summed E-state index contributed by atoms with van der Waals surface area (Å²) in [5.74, 6) is 0.509. The average molecular weight is 440 g/mol. The van der Waals surface area contributed by atoms with Crippen LogP contribution in [0.1, 0.15) is 24.3 Å². The minimum absolute atomic E-state index is 0.199. The Morgan fingerprint density at radius 2 is 2.06 bits per heavy atom. The number of nitrogens with one attached hydrogen (secondary N) is 2. The summed E-state index contributed by atoms with van der Waals surface area (Å²) in [6.45, 7) is 3.88. The van der Waals surface area contributed by atoms with E-state index in [2.05, 4.69) is 20.8 Å². The van der Waals surface area contributed by atoms with Crippen LogP contribution in [-0.2, 0) is 9.53 Å². The van der Waals surface area contributed by atoms with Crippen molar-refractivity contribution in [3.63, 3.8) is 0 Å². The molecular weight excluding hydrogens is 420 g/mol. The van der Waals surface area contributed by atoms with Gasteiger partial charge < -0.3 is 24.2 Å². The highest BCUT2D eigenvalue weighted by molar-refractivity contribution is 7.99. The zero-order chi connectivity index (χ0) is 21.8. The molecule has 1 unspecified atom stereocenters. The molecule has 0 radical (unpaired) electrons. The van der Waals surface area contributed by atoms with Gasteiger partial charge in [0.15, 0.2) is 0 Å². The molecule has 3 aromatic rings. The fraction of sp³-hybridized carbons (Fsp3) is 0.238. The Morgan fingerprint density at radius 1 is 1.23 bits per heavy atom. The first-order valence-electron chi connectivity index (χ1n) is 9.60. The third-order valence-corrected chi connectivity index (χ3v) is 5.44. The molecule has 4 rings (SSSR count). The number of aromatic nitrogens is 2. The molecule has 1 aliphatic heterocycles. The van der Waals surface area contributed by atoms with Gasteiger partial charge in [0.2, 0.25) is 5.89 Å². The Bertz CT molecular complexity index is 1120. The second-order valence-electron chi connectivity index (χ2n) is 6.64. The molecule has 9 nitrogen and oxygen atoms in total. The number of amides is 2. The van der Waals surface area contributed by atoms with Crippen molar-refractivity contribution in [2.24, 2.45) is 0 Å². The Balaban J connectivity index is 1.60. The maximum absolute atomic E-state index is 12.7. The molecule has 1 aliphatic rings. The van der Waals surface area contributed by atoms with Crippen LogP contribution in [0.3, 0.4) is 0 Å². The van der Waals surface area contributed by atoms with Gasteiger partial charge in [0.1, 0.15) is 11.8 Å². The van der Waals surface area contributed by atoms with Gasteiger partial charge in [0.25, 0.3) is 5.22 Å². The fourth-order valence-corrected chi connectivity index (χ4v) is 3.91. The lowest BCUT2D eigenvalue weighted by molar-refractivity contribution is -0.139. The molecule has 0 fully saturated rings. The zero-order valence-corrected chi connectivity index (χ0v) is 17.7. The van der Waals surface area contributed by atoms with Gasteiger partial charge in [0, 0.05) is 17.0 Å². The summed E-state index contributed by atoms with van der Waals surface area (Å²) in [4.78, 5) is 24.9. The third kappa shape index (κ3) is 4.48. The number of aryl methyl sites for hydroxylation is 1. The van der Waals surface area contributed by atoms with E-state index >= 15 is 0 Å². The summed E-state index contributed by atoms with van der Waals surface area (Å²) < 4.78 is 16.4. The first kappa shape index (κ1) is 20.7. The molecule has 160 valence electrons. The quantitative estimate of drug-likeness (QED) is 0.422. The molecule has 2 N–H and O–H groups in total. The first-order chi connectivity index (χ1) is 15.1. The Morgan fingerprint density at radius 3 is 2.81 bits per heavy atom. The van der Waals surface area contributed by atoms with Gasteiger partial charge in [-0.3, -0.25) is 0 Å². The van der Waals surface area contributed by atoms with Gasteiger partial charge in [-0.2, -0.15) is 0 Å².